The van der Waals surface area contributed by atoms with Crippen LogP contribution in [0.3, 0.4) is 0 Å². The molecule has 4 heteroatoms. The van der Waals surface area contributed by atoms with Gasteiger partial charge in [0.05, 0.1) is 0 Å². The van der Waals surface area contributed by atoms with Crippen LogP contribution in [0.5, 0.6) is 0 Å². The van der Waals surface area contributed by atoms with Gasteiger partial charge >= 0.3 is 74.9 Å². The maximum Gasteiger partial charge on any atom is 1.00 e. The molecule has 0 aliphatic carbocycles. The van der Waals surface area contributed by atoms with Gasteiger partial charge in [-0.05, 0) is 0 Å². The Labute approximate surface area is 103 Å². The molecule has 0 aliphatic rings. The third-order valence-electron chi connectivity index (χ3n) is 0.420. The zero-order chi connectivity index (χ0) is 4.99. The summed E-state index contributed by atoms with van der Waals surface area (Å²) in [6, 6.07) is 0. The Morgan fingerprint density at radius 3 is 2.43 bits per heavy atom. The molecule has 0 atom stereocenters. The van der Waals surface area contributed by atoms with Crippen LogP contribution in [0.4, 0.5) is 0 Å². The van der Waals surface area contributed by atoms with E-state index < -0.39 is 0 Å². The van der Waals surface area contributed by atoms with Crippen LogP contribution < -0.4 is 74.8 Å². The van der Waals surface area contributed by atoms with Crippen molar-refractivity contribution in [3.63, 3.8) is 0 Å². The first kappa shape index (κ1) is 11.3. The van der Waals surface area contributed by atoms with Crippen molar-refractivity contribution in [1.82, 2.24) is 0 Å². The summed E-state index contributed by atoms with van der Waals surface area (Å²) in [6.07, 6.45) is 0.344. The van der Waals surface area contributed by atoms with E-state index in [-0.39, 0.29) is 76.3 Å². The van der Waals surface area contributed by atoms with Crippen molar-refractivity contribution in [1.29, 1.82) is 0 Å². The molecule has 38 valence electrons. The summed E-state index contributed by atoms with van der Waals surface area (Å²) in [7, 11) is 0. The number of hydrogen-bond acceptors (Lipinski definition) is 3. The number of carbonyl (C=O) groups excluding carboxylic acids is 1. The van der Waals surface area contributed by atoms with Gasteiger partial charge in [-0.25, -0.2) is 0 Å². The summed E-state index contributed by atoms with van der Waals surface area (Å²) >= 11 is 0. The van der Waals surface area contributed by atoms with Crippen molar-refractivity contribution in [2.24, 2.45) is 5.90 Å². The van der Waals surface area contributed by atoms with Crippen LogP contribution >= 0.6 is 0 Å². The Hall–Kier alpha value is 1.48. The second-order valence-electron chi connectivity index (χ2n) is 0.843. The van der Waals surface area contributed by atoms with Crippen LogP contribution in [0.2, 0.25) is 0 Å². The number of carbonyl (C=O) groups is 1. The fourth-order valence-electron chi connectivity index (χ4n) is 0.0833. The van der Waals surface area contributed by atoms with Crippen molar-refractivity contribution in [2.45, 2.75) is 13.3 Å². The van der Waals surface area contributed by atoms with Crippen LogP contribution in [0.25, 0.3) is 0 Å². The minimum Gasteiger partial charge on any atom is -1.00 e. The maximum absolute atomic E-state index is 9.83. The predicted octanol–water partition coefficient (Wildman–Crippen LogP) is -3.07. The van der Waals surface area contributed by atoms with E-state index >= 15 is 0 Å². The summed E-state index contributed by atoms with van der Waals surface area (Å²) in [4.78, 5) is 13.6. The SMILES string of the molecule is CCC(=O)ON.[Cs+].[H-]. The molecular formula is C3H8CsNO2. The fourth-order valence-corrected chi connectivity index (χ4v) is 0.0833. The van der Waals surface area contributed by atoms with Gasteiger partial charge in [0.1, 0.15) is 0 Å². The van der Waals surface area contributed by atoms with Crippen molar-refractivity contribution >= 4 is 5.97 Å². The molecule has 0 unspecified atom stereocenters. The zero-order valence-corrected chi connectivity index (χ0v) is 10.9. The van der Waals surface area contributed by atoms with Crippen LogP contribution in [0.15, 0.2) is 0 Å². The van der Waals surface area contributed by atoms with E-state index in [0.29, 0.717) is 6.42 Å². The fraction of sp³-hybridized carbons (Fsp3) is 0.667. The largest absolute Gasteiger partial charge is 1.00 e. The molecule has 0 rings (SSSR count). The predicted molar refractivity (Wildman–Crippen MR) is 21.7 cm³/mol. The normalized spacial score (nSPS) is 6.57. The molecule has 0 aliphatic heterocycles. The average molecular weight is 223 g/mol. The molecule has 2 N–H and O–H groups in total. The smallest absolute Gasteiger partial charge is 1.00 e. The number of hydrogen-bond donors (Lipinski definition) is 1. The van der Waals surface area contributed by atoms with Gasteiger partial charge in [-0.3, -0.25) is 4.79 Å². The van der Waals surface area contributed by atoms with E-state index in [9.17, 15) is 4.79 Å². The third-order valence-corrected chi connectivity index (χ3v) is 0.420. The molecule has 0 radical (unpaired) electrons. The molecule has 0 saturated heterocycles. The molecule has 7 heavy (non-hydrogen) atoms. The Kier molecular flexibility index (Phi) is 12.1. The van der Waals surface area contributed by atoms with E-state index in [4.69, 9.17) is 0 Å². The molecule has 0 aromatic rings. The van der Waals surface area contributed by atoms with Crippen LogP contribution in [-0.2, 0) is 9.63 Å². The van der Waals surface area contributed by atoms with E-state index in [1.807, 2.05) is 0 Å². The minimum atomic E-state index is -0.380. The molecular weight excluding hydrogens is 215 g/mol. The summed E-state index contributed by atoms with van der Waals surface area (Å²) in [5, 5.41) is 0. The topological polar surface area (TPSA) is 52.3 Å². The van der Waals surface area contributed by atoms with Gasteiger partial charge in [0.25, 0.3) is 0 Å². The third kappa shape index (κ3) is 7.48. The first-order valence-electron chi connectivity index (χ1n) is 1.70. The summed E-state index contributed by atoms with van der Waals surface area (Å²) in [6.45, 7) is 1.68. The Balaban J connectivity index is -0.000000125. The molecule has 0 heterocycles. The van der Waals surface area contributed by atoms with E-state index in [1.165, 1.54) is 0 Å². The molecule has 0 fully saturated rings. The van der Waals surface area contributed by atoms with Gasteiger partial charge in [0.15, 0.2) is 0 Å². The standard InChI is InChI=1S/C3H7NO2.Cs.H/c1-2-3(5)6-4;;/h2,4H2,1H3;;/q;+1;-1. The van der Waals surface area contributed by atoms with Gasteiger partial charge in [0, 0.05) is 6.42 Å². The molecule has 0 spiro atoms. The monoisotopic (exact) mass is 223 g/mol. The Bertz CT molecular complexity index is 55.2. The average Bonchev–Trinajstić information content (AvgIpc) is 1.65. The first-order valence-corrected chi connectivity index (χ1v) is 1.70. The van der Waals surface area contributed by atoms with Gasteiger partial charge in [-0.15, -0.1) is 0 Å². The maximum atomic E-state index is 9.83. The van der Waals surface area contributed by atoms with E-state index in [1.54, 1.807) is 6.92 Å². The van der Waals surface area contributed by atoms with Crippen LogP contribution in [0.1, 0.15) is 14.8 Å². The van der Waals surface area contributed by atoms with Crippen molar-refractivity contribution in [3.05, 3.63) is 0 Å². The Morgan fingerprint density at radius 2 is 2.43 bits per heavy atom. The van der Waals surface area contributed by atoms with Gasteiger partial charge in [-0.1, -0.05) is 6.92 Å². The molecule has 0 aromatic carbocycles. The summed E-state index contributed by atoms with van der Waals surface area (Å²) < 4.78 is 0. The van der Waals surface area contributed by atoms with E-state index in [2.05, 4.69) is 10.7 Å². The van der Waals surface area contributed by atoms with Gasteiger partial charge < -0.3 is 6.26 Å². The first-order chi connectivity index (χ1) is 2.81. The second-order valence-corrected chi connectivity index (χ2v) is 0.843. The van der Waals surface area contributed by atoms with E-state index in [0.717, 1.165) is 0 Å². The van der Waals surface area contributed by atoms with Crippen molar-refractivity contribution in [2.75, 3.05) is 0 Å². The Morgan fingerprint density at radius 1 is 2.00 bits per heavy atom. The minimum absolute atomic E-state index is 0. The molecule has 0 amide bonds. The summed E-state index contributed by atoms with van der Waals surface area (Å²) in [5.74, 6) is 4.05. The molecule has 0 aromatic heterocycles. The van der Waals surface area contributed by atoms with Gasteiger partial charge in [-0.2, -0.15) is 5.90 Å². The zero-order valence-electron chi connectivity index (χ0n) is 5.60. The summed E-state index contributed by atoms with van der Waals surface area (Å²) in [5.41, 5.74) is 0. The van der Waals surface area contributed by atoms with Crippen molar-refractivity contribution in [3.8, 4) is 0 Å². The second kappa shape index (κ2) is 7.48. The van der Waals surface area contributed by atoms with Crippen LogP contribution in [0, 0.1) is 0 Å². The van der Waals surface area contributed by atoms with Gasteiger partial charge in [0.2, 0.25) is 0 Å². The molecule has 0 bridgehead atoms. The van der Waals surface area contributed by atoms with Crippen molar-refractivity contribution < 1.29 is 80.0 Å². The number of rotatable bonds is 1. The quantitative estimate of drug-likeness (QED) is 0.480. The molecule has 3 nitrogen and oxygen atoms in total. The molecule has 0 saturated carbocycles. The number of nitrogens with two attached hydrogens (primary N) is 1. The van der Waals surface area contributed by atoms with Crippen LogP contribution in [-0.4, -0.2) is 5.97 Å².